The van der Waals surface area contributed by atoms with Crippen LogP contribution in [0.25, 0.3) is 110 Å². The average Bonchev–Trinajstić information content (AvgIpc) is 3.59. The Balaban J connectivity index is 1.03. The first kappa shape index (κ1) is 28.0. The zero-order valence-corrected chi connectivity index (χ0v) is 27.3. The molecule has 236 valence electrons. The molecule has 4 nitrogen and oxygen atoms in total. The zero-order valence-electron chi connectivity index (χ0n) is 27.3. The van der Waals surface area contributed by atoms with Crippen LogP contribution in [0, 0.1) is 0 Å². The summed E-state index contributed by atoms with van der Waals surface area (Å²) in [6, 6.07) is 53.6. The topological polar surface area (TPSA) is 51.8 Å². The van der Waals surface area contributed by atoms with Crippen molar-refractivity contribution < 1.29 is 4.42 Å². The third-order valence-electron chi connectivity index (χ3n) is 10.3. The average molecular weight is 650 g/mol. The molecule has 11 rings (SSSR count). The quantitative estimate of drug-likeness (QED) is 0.179. The van der Waals surface area contributed by atoms with E-state index in [1.165, 1.54) is 10.8 Å². The number of fused-ring (bicyclic) bond motifs is 11. The van der Waals surface area contributed by atoms with Crippen LogP contribution in [0.1, 0.15) is 0 Å². The molecule has 51 heavy (non-hydrogen) atoms. The van der Waals surface area contributed by atoms with E-state index in [0.717, 1.165) is 98.9 Å². The van der Waals surface area contributed by atoms with Crippen molar-refractivity contribution in [1.29, 1.82) is 0 Å². The molecule has 7 aromatic carbocycles. The minimum atomic E-state index is 0.896. The number of para-hydroxylation sites is 2. The molecule has 0 N–H and O–H groups in total. The van der Waals surface area contributed by atoms with Crippen LogP contribution in [0.4, 0.5) is 0 Å². The molecule has 0 aliphatic carbocycles. The molecule has 4 aromatic heterocycles. The molecule has 11 aromatic rings. The van der Waals surface area contributed by atoms with E-state index in [0.29, 0.717) is 0 Å². The van der Waals surface area contributed by atoms with Crippen molar-refractivity contribution in [2.24, 2.45) is 0 Å². The van der Waals surface area contributed by atoms with Crippen molar-refractivity contribution in [3.63, 3.8) is 0 Å². The molecule has 0 aliphatic heterocycles. The Morgan fingerprint density at radius 3 is 2.08 bits per heavy atom. The standard InChI is InChI=1S/C47H27N3O/c1-3-12-41-39(11-1)43-40(21-20-38-36-10-2-4-13-42(36)51-47(38)43)44(50-41)34-8-5-7-29(27-34)30-14-15-32-26-33(17-16-31(32)25-30)35-22-24-49-46-37(35)19-18-28-9-6-23-48-45(28)46/h1-27H. The Morgan fingerprint density at radius 1 is 0.412 bits per heavy atom. The van der Waals surface area contributed by atoms with Crippen molar-refractivity contribution in [2.45, 2.75) is 0 Å². The summed E-state index contributed by atoms with van der Waals surface area (Å²) in [5, 5.41) is 10.1. The van der Waals surface area contributed by atoms with E-state index in [-0.39, 0.29) is 0 Å². The molecular weight excluding hydrogens is 623 g/mol. The van der Waals surface area contributed by atoms with Crippen molar-refractivity contribution >= 4 is 76.2 Å². The normalized spacial score (nSPS) is 11.9. The lowest BCUT2D eigenvalue weighted by atomic mass is 9.94. The molecule has 0 radical (unpaired) electrons. The lowest BCUT2D eigenvalue weighted by Crippen LogP contribution is -1.91. The number of aromatic nitrogens is 3. The summed E-state index contributed by atoms with van der Waals surface area (Å²) in [6.07, 6.45) is 3.72. The molecule has 0 amide bonds. The first-order chi connectivity index (χ1) is 25.3. The van der Waals surface area contributed by atoms with Crippen molar-refractivity contribution in [1.82, 2.24) is 15.0 Å². The third-order valence-corrected chi connectivity index (χ3v) is 10.3. The van der Waals surface area contributed by atoms with E-state index >= 15 is 0 Å². The number of hydrogen-bond acceptors (Lipinski definition) is 4. The highest BCUT2D eigenvalue weighted by atomic mass is 16.3. The molecule has 0 bridgehead atoms. The number of furan rings is 1. The van der Waals surface area contributed by atoms with Gasteiger partial charge in [0.05, 0.1) is 22.2 Å². The summed E-state index contributed by atoms with van der Waals surface area (Å²) < 4.78 is 6.54. The van der Waals surface area contributed by atoms with Gasteiger partial charge in [0.1, 0.15) is 11.2 Å². The van der Waals surface area contributed by atoms with Gasteiger partial charge in [0.2, 0.25) is 0 Å². The van der Waals surface area contributed by atoms with Gasteiger partial charge in [0, 0.05) is 55.7 Å². The summed E-state index contributed by atoms with van der Waals surface area (Å²) >= 11 is 0. The van der Waals surface area contributed by atoms with E-state index in [9.17, 15) is 0 Å². The van der Waals surface area contributed by atoms with E-state index in [4.69, 9.17) is 14.4 Å². The molecule has 0 unspecified atom stereocenters. The smallest absolute Gasteiger partial charge is 0.144 e. The van der Waals surface area contributed by atoms with Crippen LogP contribution in [-0.4, -0.2) is 15.0 Å². The van der Waals surface area contributed by atoms with Gasteiger partial charge >= 0.3 is 0 Å². The van der Waals surface area contributed by atoms with Crippen LogP contribution in [0.3, 0.4) is 0 Å². The van der Waals surface area contributed by atoms with E-state index < -0.39 is 0 Å². The fraction of sp³-hybridized carbons (Fsp3) is 0. The lowest BCUT2D eigenvalue weighted by Gasteiger charge is -2.12. The molecule has 0 saturated carbocycles. The SMILES string of the molecule is c1cc(-c2ccc3cc(-c4ccnc5c4ccc4cccnc45)ccc3c2)cc(-c2nc3ccccc3c3c2ccc2c4ccccc4oc23)c1. The highest BCUT2D eigenvalue weighted by Gasteiger charge is 2.18. The molecule has 4 heterocycles. The van der Waals surface area contributed by atoms with Crippen LogP contribution in [0.2, 0.25) is 0 Å². The predicted octanol–water partition coefficient (Wildman–Crippen LogP) is 12.5. The van der Waals surface area contributed by atoms with Crippen LogP contribution in [0.5, 0.6) is 0 Å². The first-order valence-corrected chi connectivity index (χ1v) is 17.2. The van der Waals surface area contributed by atoms with Gasteiger partial charge in [0.15, 0.2) is 0 Å². The van der Waals surface area contributed by atoms with Crippen molar-refractivity contribution in [3.8, 4) is 33.5 Å². The number of hydrogen-bond donors (Lipinski definition) is 0. The van der Waals surface area contributed by atoms with Crippen molar-refractivity contribution in [2.75, 3.05) is 0 Å². The Labute approximate surface area is 292 Å². The monoisotopic (exact) mass is 649 g/mol. The first-order valence-electron chi connectivity index (χ1n) is 17.2. The number of nitrogens with zero attached hydrogens (tertiary/aromatic N) is 3. The zero-order chi connectivity index (χ0) is 33.5. The van der Waals surface area contributed by atoms with Gasteiger partial charge < -0.3 is 4.42 Å². The minimum absolute atomic E-state index is 0.896. The highest BCUT2D eigenvalue weighted by Crippen LogP contribution is 2.41. The number of rotatable bonds is 3. The van der Waals surface area contributed by atoms with Crippen LogP contribution >= 0.6 is 0 Å². The summed E-state index contributed by atoms with van der Waals surface area (Å²) in [6.45, 7) is 0. The van der Waals surface area contributed by atoms with Gasteiger partial charge in [-0.1, -0.05) is 103 Å². The number of benzene rings is 7. The van der Waals surface area contributed by atoms with E-state index in [2.05, 4.69) is 138 Å². The molecule has 4 heteroatoms. The molecular formula is C47H27N3O. The van der Waals surface area contributed by atoms with Gasteiger partial charge in [-0.3, -0.25) is 9.97 Å². The molecule has 0 spiro atoms. The molecule has 0 fully saturated rings. The van der Waals surface area contributed by atoms with Gasteiger partial charge in [-0.25, -0.2) is 4.98 Å². The molecule has 0 aliphatic rings. The Morgan fingerprint density at radius 2 is 1.14 bits per heavy atom. The fourth-order valence-corrected chi connectivity index (χ4v) is 7.88. The summed E-state index contributed by atoms with van der Waals surface area (Å²) in [7, 11) is 0. The second-order valence-electron chi connectivity index (χ2n) is 13.2. The second kappa shape index (κ2) is 10.8. The third kappa shape index (κ3) is 4.30. The van der Waals surface area contributed by atoms with Gasteiger partial charge in [-0.2, -0.15) is 0 Å². The number of pyridine rings is 3. The fourth-order valence-electron chi connectivity index (χ4n) is 7.88. The highest BCUT2D eigenvalue weighted by molar-refractivity contribution is 6.24. The minimum Gasteiger partial charge on any atom is -0.455 e. The Kier molecular flexibility index (Phi) is 5.92. The largest absolute Gasteiger partial charge is 0.455 e. The Hall–Kier alpha value is -6.91. The maximum Gasteiger partial charge on any atom is 0.144 e. The van der Waals surface area contributed by atoms with Gasteiger partial charge in [0.25, 0.3) is 0 Å². The van der Waals surface area contributed by atoms with Crippen LogP contribution < -0.4 is 0 Å². The van der Waals surface area contributed by atoms with Crippen LogP contribution in [-0.2, 0) is 0 Å². The van der Waals surface area contributed by atoms with Gasteiger partial charge in [-0.05, 0) is 81.6 Å². The summed E-state index contributed by atoms with van der Waals surface area (Å²) in [5.74, 6) is 0. The van der Waals surface area contributed by atoms with Crippen molar-refractivity contribution in [3.05, 3.63) is 164 Å². The predicted molar refractivity (Wildman–Crippen MR) is 211 cm³/mol. The van der Waals surface area contributed by atoms with Gasteiger partial charge in [-0.15, -0.1) is 0 Å². The molecule has 0 saturated heterocycles. The lowest BCUT2D eigenvalue weighted by molar-refractivity contribution is 0.673. The maximum absolute atomic E-state index is 6.54. The van der Waals surface area contributed by atoms with E-state index in [1.54, 1.807) is 0 Å². The van der Waals surface area contributed by atoms with Crippen LogP contribution in [0.15, 0.2) is 168 Å². The second-order valence-corrected chi connectivity index (χ2v) is 13.2. The van der Waals surface area contributed by atoms with E-state index in [1.807, 2.05) is 30.6 Å². The molecule has 0 atom stereocenters. The summed E-state index contributed by atoms with van der Waals surface area (Å²) in [4.78, 5) is 14.6. The summed E-state index contributed by atoms with van der Waals surface area (Å²) in [5.41, 5.74) is 11.2. The Bertz CT molecular complexity index is 3210. The maximum atomic E-state index is 6.54.